The van der Waals surface area contributed by atoms with Crippen molar-refractivity contribution in [3.63, 3.8) is 0 Å². The zero-order chi connectivity index (χ0) is 58.8. The van der Waals surface area contributed by atoms with Crippen LogP contribution in [-0.4, -0.2) is 169 Å². The first-order chi connectivity index (χ1) is 38.0. The number of urea groups is 1. The molecule has 1 fully saturated rings. The molecule has 5 rings (SSSR count). The average molecular weight is 1130 g/mol. The summed E-state index contributed by atoms with van der Waals surface area (Å²) in [6.45, 7) is 1.09. The van der Waals surface area contributed by atoms with Crippen LogP contribution in [0.25, 0.3) is 0 Å². The number of phenolic OH excluding ortho intramolecular Hbond substituents is 2. The minimum Gasteiger partial charge on any atom is -0.507 e. The lowest BCUT2D eigenvalue weighted by molar-refractivity contribution is -0.249. The van der Waals surface area contributed by atoms with Crippen LogP contribution >= 0.6 is 0 Å². The van der Waals surface area contributed by atoms with Crippen molar-refractivity contribution in [3.05, 3.63) is 51.6 Å². The molecule has 2 aromatic carbocycles. The van der Waals surface area contributed by atoms with E-state index >= 15 is 0 Å². The fraction of sp³-hybridized carbons (Fsp3) is 0.593. The van der Waals surface area contributed by atoms with Gasteiger partial charge in [-0.2, -0.15) is 0 Å². The Labute approximate surface area is 460 Å². The number of hydrogen-bond donors (Lipinski definition) is 13. The van der Waals surface area contributed by atoms with Crippen LogP contribution in [0.2, 0.25) is 0 Å². The summed E-state index contributed by atoms with van der Waals surface area (Å²) in [5, 5.41) is 95.8. The minimum absolute atomic E-state index is 0.0167. The van der Waals surface area contributed by atoms with Gasteiger partial charge in [0.25, 0.3) is 0 Å². The molecule has 0 unspecified atom stereocenters. The van der Waals surface area contributed by atoms with Crippen LogP contribution < -0.4 is 31.3 Å². The van der Waals surface area contributed by atoms with Gasteiger partial charge in [-0.05, 0) is 51.5 Å². The quantitative estimate of drug-likeness (QED) is 0.0314. The fourth-order valence-corrected chi connectivity index (χ4v) is 10.1. The topological polar surface area (TPSA) is 420 Å². The third-order valence-corrected chi connectivity index (χ3v) is 14.4. The van der Waals surface area contributed by atoms with Gasteiger partial charge in [0.15, 0.2) is 17.9 Å². The lowest BCUT2D eigenvalue weighted by Crippen LogP contribution is -2.56. The Morgan fingerprint density at radius 1 is 0.725 bits per heavy atom. The van der Waals surface area contributed by atoms with Crippen molar-refractivity contribution in [2.24, 2.45) is 0 Å². The van der Waals surface area contributed by atoms with Gasteiger partial charge in [0.2, 0.25) is 23.5 Å². The Balaban J connectivity index is 0.969. The number of rotatable bonds is 32. The summed E-state index contributed by atoms with van der Waals surface area (Å²) in [6, 6.07) is -0.623. The van der Waals surface area contributed by atoms with E-state index in [0.29, 0.717) is 45.2 Å². The average Bonchev–Trinajstić information content (AvgIpc) is 3.53. The molecule has 1 saturated heterocycles. The summed E-state index contributed by atoms with van der Waals surface area (Å²) in [6.07, 6.45) is 0.214. The largest absolute Gasteiger partial charge is 0.507 e. The number of benzene rings is 2. The molecule has 1 aliphatic heterocycles. The van der Waals surface area contributed by atoms with Crippen molar-refractivity contribution in [1.82, 2.24) is 26.6 Å². The molecule has 0 radical (unpaired) electrons. The van der Waals surface area contributed by atoms with Gasteiger partial charge in [0.05, 0.1) is 42.0 Å². The zero-order valence-electron chi connectivity index (χ0n) is 44.7. The molecule has 1 heterocycles. The highest BCUT2D eigenvalue weighted by Gasteiger charge is 2.50. The third-order valence-electron chi connectivity index (χ3n) is 14.4. The van der Waals surface area contributed by atoms with Crippen LogP contribution in [-0.2, 0) is 49.5 Å². The minimum atomic E-state index is -2.39. The number of aliphatic hydroxyl groups is 3. The summed E-state index contributed by atoms with van der Waals surface area (Å²) in [5.41, 5.74) is -4.27. The van der Waals surface area contributed by atoms with Crippen LogP contribution in [0, 0.1) is 0 Å². The van der Waals surface area contributed by atoms with Crippen LogP contribution in [0.15, 0.2) is 18.2 Å². The molecule has 0 bridgehead atoms. The number of unbranched alkanes of at least 4 members (excludes halogenated alkanes) is 8. The van der Waals surface area contributed by atoms with Gasteiger partial charge in [-0.25, -0.2) is 14.4 Å². The molecule has 80 heavy (non-hydrogen) atoms. The Bertz CT molecular complexity index is 2630. The van der Waals surface area contributed by atoms with Crippen LogP contribution in [0.3, 0.4) is 0 Å². The molecule has 2 aliphatic carbocycles. The highest BCUT2D eigenvalue weighted by Crippen LogP contribution is 2.52. The van der Waals surface area contributed by atoms with Crippen molar-refractivity contribution in [3.8, 4) is 17.2 Å². The smallest absolute Gasteiger partial charge is 0.326 e. The number of carbonyl (C=O) groups excluding carboxylic acids is 7. The number of carboxylic acids is 3. The van der Waals surface area contributed by atoms with Crippen molar-refractivity contribution in [2.45, 2.75) is 177 Å². The number of carboxylic acid groups (broad SMARTS) is 3. The standard InChI is InChI=1S/C54H73N5O21/c1-28-46(67)33(24-41(79-28)80-35-26-54(77,36(61)27-60)25-30-43(35)50(71)45-44(48(30)69)47(68)29-14-13-16-34(78-2)42(29)49(45)70)57-39(64)20-19-38(63)56-22-11-8-6-4-3-5-7-9-17-37(62)55-23-12-10-15-31(51(72)73)58-53(76)59-32(52(74)75)18-21-40(65)66/h13-14,16,28,31-33,35,41,46,60,67,69,71,77H,3-12,15,17-27H2,1-2H3,(H,55,62)(H,56,63)(H,57,64)(H,65,66)(H,72,73)(H,74,75)(H2,58,59,76)/t28-,31-,32-,33-,35-,41-,46+,54-/m0/s1. The van der Waals surface area contributed by atoms with Crippen LogP contribution in [0.4, 0.5) is 4.79 Å². The van der Waals surface area contributed by atoms with E-state index in [1.165, 1.54) is 32.2 Å². The van der Waals surface area contributed by atoms with Crippen LogP contribution in [0.5, 0.6) is 17.2 Å². The van der Waals surface area contributed by atoms with Crippen molar-refractivity contribution in [1.29, 1.82) is 0 Å². The lowest BCUT2D eigenvalue weighted by atomic mass is 9.72. The number of fused-ring (bicyclic) bond motifs is 3. The number of aromatic hydroxyl groups is 2. The third kappa shape index (κ3) is 16.9. The summed E-state index contributed by atoms with van der Waals surface area (Å²) < 4.78 is 17.5. The number of amides is 5. The maximum atomic E-state index is 14.0. The molecule has 5 amide bonds. The Morgan fingerprint density at radius 2 is 1.30 bits per heavy atom. The van der Waals surface area contributed by atoms with E-state index in [0.717, 1.165) is 38.5 Å². The zero-order valence-corrected chi connectivity index (χ0v) is 44.7. The highest BCUT2D eigenvalue weighted by atomic mass is 16.7. The summed E-state index contributed by atoms with van der Waals surface area (Å²) in [5.74, 6) is -9.36. The number of methoxy groups -OCH3 is 1. The van der Waals surface area contributed by atoms with E-state index in [1.807, 2.05) is 0 Å². The van der Waals surface area contributed by atoms with E-state index in [-0.39, 0.29) is 71.9 Å². The normalized spacial score (nSPS) is 20.9. The molecule has 26 heteroatoms. The molecule has 440 valence electrons. The number of nitrogens with one attached hydrogen (secondary N) is 5. The van der Waals surface area contributed by atoms with Crippen molar-refractivity contribution in [2.75, 3.05) is 26.8 Å². The molecule has 2 aromatic rings. The molecule has 0 spiro atoms. The van der Waals surface area contributed by atoms with E-state index in [1.54, 1.807) is 0 Å². The Morgan fingerprint density at radius 3 is 1.91 bits per heavy atom. The van der Waals surface area contributed by atoms with Crippen molar-refractivity contribution >= 4 is 59.0 Å². The summed E-state index contributed by atoms with van der Waals surface area (Å²) in [4.78, 5) is 125. The monoisotopic (exact) mass is 1130 g/mol. The van der Waals surface area contributed by atoms with Gasteiger partial charge in [0.1, 0.15) is 47.6 Å². The number of Topliss-reactive ketones (excluding diaryl/α,β-unsaturated/α-hetero) is 1. The second-order valence-electron chi connectivity index (χ2n) is 20.3. The number of phenols is 2. The molecule has 26 nitrogen and oxygen atoms in total. The molecule has 13 N–H and O–H groups in total. The van der Waals surface area contributed by atoms with E-state index < -0.39 is 144 Å². The number of aliphatic hydroxyl groups excluding tert-OH is 2. The first kappa shape index (κ1) is 63.6. The van der Waals surface area contributed by atoms with Gasteiger partial charge in [0, 0.05) is 74.7 Å². The van der Waals surface area contributed by atoms with E-state index in [4.69, 9.17) is 19.3 Å². The second kappa shape index (κ2) is 29.8. The van der Waals surface area contributed by atoms with Gasteiger partial charge >= 0.3 is 23.9 Å². The van der Waals surface area contributed by atoms with Crippen LogP contribution in [0.1, 0.15) is 172 Å². The number of hydrogen-bond acceptors (Lipinski definition) is 18. The molecule has 0 saturated carbocycles. The Hall–Kier alpha value is -7.26. The van der Waals surface area contributed by atoms with Gasteiger partial charge in [-0.1, -0.05) is 50.7 Å². The number of ketones is 3. The first-order valence-corrected chi connectivity index (χ1v) is 26.8. The first-order valence-electron chi connectivity index (χ1n) is 26.8. The Kier molecular flexibility index (Phi) is 23.7. The predicted molar refractivity (Wildman–Crippen MR) is 278 cm³/mol. The number of carbonyl (C=O) groups is 10. The lowest BCUT2D eigenvalue weighted by Gasteiger charge is -2.43. The van der Waals surface area contributed by atoms with E-state index in [9.17, 15) is 83.7 Å². The number of ether oxygens (including phenoxy) is 3. The van der Waals surface area contributed by atoms with Gasteiger partial charge < -0.3 is 81.6 Å². The summed E-state index contributed by atoms with van der Waals surface area (Å²) in [7, 11) is 1.29. The summed E-state index contributed by atoms with van der Waals surface area (Å²) >= 11 is 0. The van der Waals surface area contributed by atoms with Gasteiger partial charge in [-0.15, -0.1) is 0 Å². The molecule has 3 aliphatic rings. The predicted octanol–water partition coefficient (Wildman–Crippen LogP) is 1.92. The molecule has 8 atom stereocenters. The van der Waals surface area contributed by atoms with E-state index in [2.05, 4.69) is 26.6 Å². The maximum absolute atomic E-state index is 14.0. The van der Waals surface area contributed by atoms with Gasteiger partial charge in [-0.3, -0.25) is 33.6 Å². The highest BCUT2D eigenvalue weighted by molar-refractivity contribution is 6.31. The molecule has 0 aromatic heterocycles. The number of aliphatic carboxylic acids is 3. The molecular weight excluding hydrogens is 1050 g/mol. The fourth-order valence-electron chi connectivity index (χ4n) is 10.1. The maximum Gasteiger partial charge on any atom is 0.326 e. The SMILES string of the molecule is COc1cccc2c1C(=O)c1c(O)c3c(c(O)c1C2=O)C[C@@](O)(C(=O)CO)C[C@@H]3O[C@H]1C[C@H](NC(=O)CCC(=O)NCCCCCCCCCCC(=O)NCCCC[C@H](NC(=O)N[C@@H](CCC(=O)O)C(=O)O)C(=O)O)[C@H](O)[C@H](C)O1. The van der Waals surface area contributed by atoms with Crippen molar-refractivity contribution < 1.29 is 103 Å². The second-order valence-corrected chi connectivity index (χ2v) is 20.3. The molecular formula is C54H73N5O21.